The Morgan fingerprint density at radius 3 is 2.53 bits per heavy atom. The van der Waals surface area contributed by atoms with E-state index in [0.29, 0.717) is 6.54 Å². The van der Waals surface area contributed by atoms with Gasteiger partial charge in [-0.1, -0.05) is 6.58 Å². The highest BCUT2D eigenvalue weighted by atomic mass is 16.6. The molecule has 0 aliphatic carbocycles. The normalized spacial score (nSPS) is 23.4. The first-order valence-corrected chi connectivity index (χ1v) is 5.15. The number of nitrogens with two attached hydrogens (primary N) is 1. The zero-order chi connectivity index (χ0) is 11.8. The summed E-state index contributed by atoms with van der Waals surface area (Å²) in [5, 5.41) is 0. The van der Waals surface area contributed by atoms with Gasteiger partial charge in [-0.15, -0.1) is 0 Å². The van der Waals surface area contributed by atoms with E-state index in [0.717, 1.165) is 5.57 Å². The van der Waals surface area contributed by atoms with Gasteiger partial charge in [-0.3, -0.25) is 4.90 Å². The van der Waals surface area contributed by atoms with E-state index in [1.54, 1.807) is 4.90 Å². The fraction of sp³-hybridized carbons (Fsp3) is 0.727. The number of hydrogen-bond acceptors (Lipinski definition) is 3. The molecule has 0 aromatic carbocycles. The molecule has 15 heavy (non-hydrogen) atoms. The molecule has 4 heteroatoms. The lowest BCUT2D eigenvalue weighted by atomic mass is 9.92. The molecule has 0 radical (unpaired) electrons. The van der Waals surface area contributed by atoms with E-state index in [2.05, 4.69) is 6.58 Å². The average molecular weight is 212 g/mol. The van der Waals surface area contributed by atoms with Gasteiger partial charge in [-0.25, -0.2) is 4.79 Å². The van der Waals surface area contributed by atoms with Crippen molar-refractivity contribution in [3.63, 3.8) is 0 Å². The summed E-state index contributed by atoms with van der Waals surface area (Å²) >= 11 is 0. The summed E-state index contributed by atoms with van der Waals surface area (Å²) in [5.74, 6) is 0. The van der Waals surface area contributed by atoms with Gasteiger partial charge in [-0.2, -0.15) is 0 Å². The lowest BCUT2D eigenvalue weighted by Crippen LogP contribution is -2.60. The molecule has 1 unspecified atom stereocenters. The number of carbonyl (C=O) groups is 1. The Labute approximate surface area is 91.1 Å². The van der Waals surface area contributed by atoms with Gasteiger partial charge in [0.15, 0.2) is 0 Å². The van der Waals surface area contributed by atoms with E-state index in [1.807, 2.05) is 27.7 Å². The van der Waals surface area contributed by atoms with Crippen LogP contribution in [0.5, 0.6) is 0 Å². The minimum absolute atomic E-state index is 0.0696. The highest BCUT2D eigenvalue weighted by Crippen LogP contribution is 2.26. The van der Waals surface area contributed by atoms with Crippen molar-refractivity contribution >= 4 is 6.09 Å². The van der Waals surface area contributed by atoms with Crippen molar-refractivity contribution < 1.29 is 9.53 Å². The maximum absolute atomic E-state index is 11.7. The molecule has 2 atom stereocenters. The fourth-order valence-corrected chi connectivity index (χ4v) is 1.67. The quantitative estimate of drug-likeness (QED) is 0.670. The predicted molar refractivity (Wildman–Crippen MR) is 59.5 cm³/mol. The molecule has 1 heterocycles. The summed E-state index contributed by atoms with van der Waals surface area (Å²) in [6.07, 6.45) is -0.308. The van der Waals surface area contributed by atoms with Crippen LogP contribution in [-0.4, -0.2) is 35.2 Å². The molecule has 0 aromatic heterocycles. The Morgan fingerprint density at radius 1 is 1.67 bits per heavy atom. The van der Waals surface area contributed by atoms with Crippen LogP contribution in [0.3, 0.4) is 0 Å². The Kier molecular flexibility index (Phi) is 3.09. The van der Waals surface area contributed by atoms with Crippen molar-refractivity contribution in [2.45, 2.75) is 45.4 Å². The summed E-state index contributed by atoms with van der Waals surface area (Å²) in [6.45, 7) is 11.8. The molecular weight excluding hydrogens is 192 g/mol. The number of likely N-dealkylation sites (tertiary alicyclic amines) is 1. The van der Waals surface area contributed by atoms with E-state index < -0.39 is 5.60 Å². The number of rotatable bonds is 1. The first-order chi connectivity index (χ1) is 6.72. The van der Waals surface area contributed by atoms with Crippen LogP contribution in [0.25, 0.3) is 0 Å². The SMILES string of the molecule is C=C1CN(C(=O)OC(C)(C)C)C1[C@H](C)N. The van der Waals surface area contributed by atoms with Crippen LogP contribution in [0.15, 0.2) is 12.2 Å². The fourth-order valence-electron chi connectivity index (χ4n) is 1.67. The first kappa shape index (κ1) is 12.0. The molecule has 0 bridgehead atoms. The predicted octanol–water partition coefficient (Wildman–Crippen LogP) is 1.51. The van der Waals surface area contributed by atoms with Gasteiger partial charge in [0.05, 0.1) is 6.04 Å². The summed E-state index contributed by atoms with van der Waals surface area (Å²) in [5.41, 5.74) is 6.30. The lowest BCUT2D eigenvalue weighted by Gasteiger charge is -2.45. The van der Waals surface area contributed by atoms with Crippen molar-refractivity contribution in [2.24, 2.45) is 5.73 Å². The number of hydrogen-bond donors (Lipinski definition) is 1. The second kappa shape index (κ2) is 3.85. The van der Waals surface area contributed by atoms with Crippen molar-refractivity contribution in [3.8, 4) is 0 Å². The van der Waals surface area contributed by atoms with Gasteiger partial charge in [-0.05, 0) is 33.3 Å². The number of ether oxygens (including phenoxy) is 1. The zero-order valence-electron chi connectivity index (χ0n) is 9.91. The van der Waals surface area contributed by atoms with Crippen LogP contribution in [0.2, 0.25) is 0 Å². The second-order valence-corrected chi connectivity index (χ2v) is 5.07. The number of nitrogens with zero attached hydrogens (tertiary/aromatic N) is 1. The van der Waals surface area contributed by atoms with Crippen LogP contribution in [0.1, 0.15) is 27.7 Å². The summed E-state index contributed by atoms with van der Waals surface area (Å²) in [7, 11) is 0. The van der Waals surface area contributed by atoms with Gasteiger partial charge in [0.25, 0.3) is 0 Å². The van der Waals surface area contributed by atoms with Gasteiger partial charge in [0.2, 0.25) is 0 Å². The molecule has 0 saturated carbocycles. The maximum Gasteiger partial charge on any atom is 0.411 e. The highest BCUT2D eigenvalue weighted by molar-refractivity contribution is 5.71. The van der Waals surface area contributed by atoms with Crippen molar-refractivity contribution in [2.75, 3.05) is 6.54 Å². The third-order valence-corrected chi connectivity index (χ3v) is 2.25. The minimum atomic E-state index is -0.462. The van der Waals surface area contributed by atoms with E-state index in [4.69, 9.17) is 10.5 Å². The molecule has 2 N–H and O–H groups in total. The first-order valence-electron chi connectivity index (χ1n) is 5.15. The monoisotopic (exact) mass is 212 g/mol. The molecule has 1 fully saturated rings. The third-order valence-electron chi connectivity index (χ3n) is 2.25. The van der Waals surface area contributed by atoms with E-state index in [-0.39, 0.29) is 18.2 Å². The van der Waals surface area contributed by atoms with Gasteiger partial charge >= 0.3 is 6.09 Å². The summed E-state index contributed by atoms with van der Waals surface area (Å²) in [6, 6.07) is -0.168. The molecule has 1 aliphatic heterocycles. The van der Waals surface area contributed by atoms with E-state index >= 15 is 0 Å². The minimum Gasteiger partial charge on any atom is -0.444 e. The van der Waals surface area contributed by atoms with Crippen LogP contribution >= 0.6 is 0 Å². The Hall–Kier alpha value is -1.03. The van der Waals surface area contributed by atoms with Gasteiger partial charge in [0.1, 0.15) is 5.60 Å². The molecule has 86 valence electrons. The number of amides is 1. The van der Waals surface area contributed by atoms with Crippen LogP contribution in [0, 0.1) is 0 Å². The third kappa shape index (κ3) is 2.72. The van der Waals surface area contributed by atoms with Crippen LogP contribution < -0.4 is 5.73 Å². The number of carbonyl (C=O) groups excluding carboxylic acids is 1. The molecule has 1 aliphatic rings. The maximum atomic E-state index is 11.7. The van der Waals surface area contributed by atoms with Crippen molar-refractivity contribution in [1.29, 1.82) is 0 Å². The Bertz CT molecular complexity index is 279. The largest absolute Gasteiger partial charge is 0.444 e. The molecule has 0 spiro atoms. The lowest BCUT2D eigenvalue weighted by molar-refractivity contribution is 0.00731. The Balaban J connectivity index is 2.59. The van der Waals surface area contributed by atoms with E-state index in [1.165, 1.54) is 0 Å². The van der Waals surface area contributed by atoms with Crippen molar-refractivity contribution in [1.82, 2.24) is 4.90 Å². The molecule has 0 aromatic rings. The molecule has 1 rings (SSSR count). The average Bonchev–Trinajstić information content (AvgIpc) is 1.94. The molecular formula is C11H20N2O2. The second-order valence-electron chi connectivity index (χ2n) is 5.07. The summed E-state index contributed by atoms with van der Waals surface area (Å²) in [4.78, 5) is 13.3. The Morgan fingerprint density at radius 2 is 2.20 bits per heavy atom. The molecule has 1 amide bonds. The topological polar surface area (TPSA) is 55.6 Å². The summed E-state index contributed by atoms with van der Waals surface area (Å²) < 4.78 is 5.26. The standard InChI is InChI=1S/C11H20N2O2/c1-7-6-13(9(7)8(2)12)10(14)15-11(3,4)5/h8-9H,1,6,12H2,2-5H3/t8-,9?/m0/s1. The molecule has 4 nitrogen and oxygen atoms in total. The zero-order valence-corrected chi connectivity index (χ0v) is 9.91. The van der Waals surface area contributed by atoms with Crippen LogP contribution in [-0.2, 0) is 4.74 Å². The van der Waals surface area contributed by atoms with Gasteiger partial charge < -0.3 is 10.5 Å². The van der Waals surface area contributed by atoms with Crippen molar-refractivity contribution in [3.05, 3.63) is 12.2 Å². The smallest absolute Gasteiger partial charge is 0.411 e. The van der Waals surface area contributed by atoms with Gasteiger partial charge in [0, 0.05) is 12.6 Å². The molecule has 1 saturated heterocycles. The van der Waals surface area contributed by atoms with E-state index in [9.17, 15) is 4.79 Å². The van der Waals surface area contributed by atoms with Crippen LogP contribution in [0.4, 0.5) is 4.79 Å². The highest BCUT2D eigenvalue weighted by Gasteiger charge is 2.40.